The van der Waals surface area contributed by atoms with Gasteiger partial charge in [0.1, 0.15) is 0 Å². The molecule has 1 aromatic carbocycles. The minimum atomic E-state index is -2.94. The lowest BCUT2D eigenvalue weighted by Gasteiger charge is -2.13. The summed E-state index contributed by atoms with van der Waals surface area (Å²) in [6.45, 7) is 0.373. The molecule has 6 heteroatoms. The zero-order valence-corrected chi connectivity index (χ0v) is 10.7. The monoisotopic (exact) mass is 265 g/mol. The largest absolute Gasteiger partial charge is 0.397 e. The number of nitrogens with two attached hydrogens (primary N) is 1. The fraction of sp³-hybridized carbons (Fsp3) is 0.417. The maximum absolute atomic E-state index is 11.7. The molecule has 0 saturated carbocycles. The third-order valence-electron chi connectivity index (χ3n) is 3.16. The minimum Gasteiger partial charge on any atom is -0.397 e. The predicted molar refractivity (Wildman–Crippen MR) is 70.9 cm³/mol. The molecule has 3 N–H and O–H groups in total. The van der Waals surface area contributed by atoms with Crippen LogP contribution in [0.25, 0.3) is 0 Å². The number of rotatable bonds is 3. The summed E-state index contributed by atoms with van der Waals surface area (Å²) >= 11 is 0. The summed E-state index contributed by atoms with van der Waals surface area (Å²) in [4.78, 5) is 0. The summed E-state index contributed by atoms with van der Waals surface area (Å²) in [5, 5.41) is 11.4. The van der Waals surface area contributed by atoms with Crippen LogP contribution in [0.1, 0.15) is 18.4 Å². The third-order valence-corrected chi connectivity index (χ3v) is 5.44. The van der Waals surface area contributed by atoms with E-state index in [1.54, 1.807) is 18.2 Å². The van der Waals surface area contributed by atoms with Gasteiger partial charge in [0.05, 0.1) is 34.0 Å². The summed E-state index contributed by atoms with van der Waals surface area (Å²) in [6, 6.07) is 6.93. The van der Waals surface area contributed by atoms with Crippen molar-refractivity contribution in [3.05, 3.63) is 23.8 Å². The van der Waals surface area contributed by atoms with Crippen molar-refractivity contribution in [2.24, 2.45) is 0 Å². The second kappa shape index (κ2) is 4.86. The first-order valence-corrected chi connectivity index (χ1v) is 7.49. The molecule has 0 bridgehead atoms. The highest BCUT2D eigenvalue weighted by Gasteiger charge is 2.30. The van der Waals surface area contributed by atoms with E-state index >= 15 is 0 Å². The van der Waals surface area contributed by atoms with E-state index in [0.29, 0.717) is 29.9 Å². The van der Waals surface area contributed by atoms with Crippen molar-refractivity contribution in [3.63, 3.8) is 0 Å². The lowest BCUT2D eigenvalue weighted by atomic mass is 10.2. The number of nitriles is 1. The van der Waals surface area contributed by atoms with Crippen LogP contribution < -0.4 is 11.1 Å². The van der Waals surface area contributed by atoms with Crippen LogP contribution in [-0.4, -0.2) is 26.0 Å². The number of nitrogens with zero attached hydrogens (tertiary/aromatic N) is 1. The van der Waals surface area contributed by atoms with E-state index in [1.165, 1.54) is 0 Å². The Bertz CT molecular complexity index is 590. The van der Waals surface area contributed by atoms with Gasteiger partial charge < -0.3 is 11.1 Å². The van der Waals surface area contributed by atoms with Crippen LogP contribution in [0.4, 0.5) is 11.4 Å². The number of hydrogen-bond donors (Lipinski definition) is 2. The Labute approximate surface area is 107 Å². The fourth-order valence-corrected chi connectivity index (χ4v) is 3.87. The van der Waals surface area contributed by atoms with Crippen LogP contribution in [0, 0.1) is 11.3 Å². The van der Waals surface area contributed by atoms with E-state index in [1.807, 2.05) is 6.07 Å². The Morgan fingerprint density at radius 1 is 1.50 bits per heavy atom. The van der Waals surface area contributed by atoms with E-state index in [-0.39, 0.29) is 11.0 Å². The molecule has 0 amide bonds. The molecule has 1 atom stereocenters. The van der Waals surface area contributed by atoms with Gasteiger partial charge in [0.15, 0.2) is 9.84 Å². The number of benzene rings is 1. The maximum Gasteiger partial charge on any atom is 0.154 e. The molecule has 5 nitrogen and oxygen atoms in total. The second-order valence-corrected chi connectivity index (χ2v) is 6.83. The van der Waals surface area contributed by atoms with Gasteiger partial charge in [-0.2, -0.15) is 5.26 Å². The predicted octanol–water partition coefficient (Wildman–Crippen LogP) is 1.13. The van der Waals surface area contributed by atoms with Crippen molar-refractivity contribution in [3.8, 4) is 6.07 Å². The second-order valence-electron chi connectivity index (χ2n) is 4.43. The van der Waals surface area contributed by atoms with E-state index in [4.69, 9.17) is 11.0 Å². The van der Waals surface area contributed by atoms with Gasteiger partial charge in [0.2, 0.25) is 0 Å². The third kappa shape index (κ3) is 2.57. The Hall–Kier alpha value is -1.74. The minimum absolute atomic E-state index is 0.280. The van der Waals surface area contributed by atoms with Crippen molar-refractivity contribution in [1.82, 2.24) is 0 Å². The van der Waals surface area contributed by atoms with E-state index < -0.39 is 9.84 Å². The van der Waals surface area contributed by atoms with Gasteiger partial charge in [0, 0.05) is 6.54 Å². The number of anilines is 2. The first-order valence-electron chi connectivity index (χ1n) is 5.78. The van der Waals surface area contributed by atoms with Gasteiger partial charge in [-0.15, -0.1) is 0 Å². The van der Waals surface area contributed by atoms with Crippen LogP contribution in [0.2, 0.25) is 0 Å². The van der Waals surface area contributed by atoms with Gasteiger partial charge in [-0.25, -0.2) is 8.42 Å². The molecule has 96 valence electrons. The molecule has 1 aliphatic heterocycles. The van der Waals surface area contributed by atoms with Crippen LogP contribution in [-0.2, 0) is 9.84 Å². The molecule has 1 fully saturated rings. The summed E-state index contributed by atoms with van der Waals surface area (Å²) in [7, 11) is -2.94. The summed E-state index contributed by atoms with van der Waals surface area (Å²) in [6.07, 6.45) is 1.43. The van der Waals surface area contributed by atoms with Gasteiger partial charge in [-0.1, -0.05) is 0 Å². The standard InChI is InChI=1S/C12H15N3O2S/c13-7-9-3-4-12(11(14)6-9)15-8-10-2-1-5-18(10,16)17/h3-4,6,10,15H,1-2,5,8,14H2. The molecule has 0 radical (unpaired) electrons. The summed E-state index contributed by atoms with van der Waals surface area (Å²) in [5.74, 6) is 0.280. The Morgan fingerprint density at radius 3 is 2.83 bits per heavy atom. The van der Waals surface area contributed by atoms with Crippen LogP contribution in [0.3, 0.4) is 0 Å². The van der Waals surface area contributed by atoms with Gasteiger partial charge in [-0.3, -0.25) is 0 Å². The van der Waals surface area contributed by atoms with Crippen molar-refractivity contribution in [2.75, 3.05) is 23.3 Å². The van der Waals surface area contributed by atoms with Crippen LogP contribution in [0.15, 0.2) is 18.2 Å². The first kappa shape index (κ1) is 12.7. The number of hydrogen-bond acceptors (Lipinski definition) is 5. The topological polar surface area (TPSA) is 96.0 Å². The number of nitrogen functional groups attached to an aromatic ring is 1. The highest BCUT2D eigenvalue weighted by molar-refractivity contribution is 7.92. The quantitative estimate of drug-likeness (QED) is 0.799. The number of sulfone groups is 1. The van der Waals surface area contributed by atoms with Crippen LogP contribution in [0.5, 0.6) is 0 Å². The van der Waals surface area contributed by atoms with Gasteiger partial charge >= 0.3 is 0 Å². The molecule has 2 rings (SSSR count). The van der Waals surface area contributed by atoms with Crippen molar-refractivity contribution in [2.45, 2.75) is 18.1 Å². The summed E-state index contributed by atoms with van der Waals surface area (Å²) < 4.78 is 23.3. The zero-order chi connectivity index (χ0) is 13.2. The zero-order valence-electron chi connectivity index (χ0n) is 9.89. The Morgan fingerprint density at radius 2 is 2.28 bits per heavy atom. The molecule has 1 unspecified atom stereocenters. The maximum atomic E-state index is 11.7. The molecule has 0 spiro atoms. The SMILES string of the molecule is N#Cc1ccc(NCC2CCCS2(=O)=O)c(N)c1. The van der Waals surface area contributed by atoms with Crippen molar-refractivity contribution < 1.29 is 8.42 Å². The number of nitrogens with one attached hydrogen (secondary N) is 1. The molecule has 18 heavy (non-hydrogen) atoms. The molecular formula is C12H15N3O2S. The van der Waals surface area contributed by atoms with E-state index in [2.05, 4.69) is 5.32 Å². The first-order chi connectivity index (χ1) is 8.53. The molecule has 1 heterocycles. The Balaban J connectivity index is 2.05. The Kier molecular flexibility index (Phi) is 3.43. The molecule has 0 aliphatic carbocycles. The fourth-order valence-electron chi connectivity index (χ4n) is 2.10. The van der Waals surface area contributed by atoms with Crippen molar-refractivity contribution in [1.29, 1.82) is 5.26 Å². The van der Waals surface area contributed by atoms with Gasteiger partial charge in [-0.05, 0) is 31.0 Å². The van der Waals surface area contributed by atoms with Crippen LogP contribution >= 0.6 is 0 Å². The molecule has 1 aliphatic rings. The van der Waals surface area contributed by atoms with E-state index in [9.17, 15) is 8.42 Å². The smallest absolute Gasteiger partial charge is 0.154 e. The average Bonchev–Trinajstić information content (AvgIpc) is 2.67. The van der Waals surface area contributed by atoms with Crippen molar-refractivity contribution >= 4 is 21.2 Å². The molecule has 0 aromatic heterocycles. The normalized spacial score (nSPS) is 21.4. The summed E-state index contributed by atoms with van der Waals surface area (Å²) in [5.41, 5.74) is 7.42. The lowest BCUT2D eigenvalue weighted by Crippen LogP contribution is -2.25. The van der Waals surface area contributed by atoms with E-state index in [0.717, 1.165) is 6.42 Å². The molecular weight excluding hydrogens is 250 g/mol. The highest BCUT2D eigenvalue weighted by atomic mass is 32.2. The molecule has 1 aromatic rings. The van der Waals surface area contributed by atoms with Gasteiger partial charge in [0.25, 0.3) is 0 Å². The molecule has 1 saturated heterocycles. The highest BCUT2D eigenvalue weighted by Crippen LogP contribution is 2.23. The lowest BCUT2D eigenvalue weighted by molar-refractivity contribution is 0.591. The average molecular weight is 265 g/mol.